The Bertz CT molecular complexity index is 713. The number of nitrogens with zero attached hydrogens (tertiary/aromatic N) is 1. The summed E-state index contributed by atoms with van der Waals surface area (Å²) in [6.07, 6.45) is 0.606. The van der Waals surface area contributed by atoms with Crippen LogP contribution in [0.5, 0.6) is 11.5 Å². The summed E-state index contributed by atoms with van der Waals surface area (Å²) in [6, 6.07) is 8.53. The van der Waals surface area contributed by atoms with Gasteiger partial charge in [0.15, 0.2) is 17.3 Å². The highest BCUT2D eigenvalue weighted by atomic mass is 16.8. The largest absolute Gasteiger partial charge is 0.464 e. The molecule has 1 fully saturated rings. The summed E-state index contributed by atoms with van der Waals surface area (Å²) in [5.41, 5.74) is 0.460. The number of amides is 1. The highest BCUT2D eigenvalue weighted by molar-refractivity contribution is 5.94. The van der Waals surface area contributed by atoms with Crippen LogP contribution in [-0.4, -0.2) is 30.4 Å². The van der Waals surface area contributed by atoms with Crippen molar-refractivity contribution in [3.8, 4) is 11.5 Å². The van der Waals surface area contributed by atoms with E-state index in [1.54, 1.807) is 30.3 Å². The van der Waals surface area contributed by atoms with Gasteiger partial charge in [-0.05, 0) is 37.3 Å². The lowest BCUT2D eigenvalue weighted by atomic mass is 10.2. The molecule has 0 saturated carbocycles. The molecule has 0 unspecified atom stereocenters. The van der Waals surface area contributed by atoms with Crippen molar-refractivity contribution >= 4 is 5.91 Å². The third kappa shape index (κ3) is 2.64. The molecule has 2 atom stereocenters. The zero-order chi connectivity index (χ0) is 15.8. The van der Waals surface area contributed by atoms with Crippen molar-refractivity contribution in [1.82, 2.24) is 5.06 Å². The fraction of sp³-hybridized carbons (Fsp3) is 0.312. The number of furan rings is 1. The smallest absolute Gasteiger partial charge is 0.277 e. The topological polar surface area (TPSA) is 70.4 Å². The monoisotopic (exact) mass is 317 g/mol. The standard InChI is InChI=1S/C16H15NO6/c1-10-8-17(23-16(22-10)13-3-2-6-19-13)15(18)11-4-5-12-14(7-11)21-9-20-12/h2-7,10,16H,8-9H2,1H3/t10-,16-/m0/s1. The van der Waals surface area contributed by atoms with E-state index in [-0.39, 0.29) is 18.8 Å². The minimum absolute atomic E-state index is 0.165. The molecule has 1 amide bonds. The molecule has 7 nitrogen and oxygen atoms in total. The summed E-state index contributed by atoms with van der Waals surface area (Å²) < 4.78 is 21.5. The van der Waals surface area contributed by atoms with E-state index in [1.807, 2.05) is 6.92 Å². The van der Waals surface area contributed by atoms with Crippen molar-refractivity contribution in [3.63, 3.8) is 0 Å². The maximum absolute atomic E-state index is 12.7. The molecule has 4 rings (SSSR count). The number of ether oxygens (including phenoxy) is 3. The van der Waals surface area contributed by atoms with Crippen molar-refractivity contribution in [2.45, 2.75) is 19.3 Å². The Balaban J connectivity index is 1.55. The van der Waals surface area contributed by atoms with Gasteiger partial charge in [-0.1, -0.05) is 0 Å². The van der Waals surface area contributed by atoms with Gasteiger partial charge in [-0.25, -0.2) is 9.90 Å². The zero-order valence-corrected chi connectivity index (χ0v) is 12.4. The van der Waals surface area contributed by atoms with Crippen LogP contribution in [0.2, 0.25) is 0 Å². The van der Waals surface area contributed by atoms with E-state index in [9.17, 15) is 4.79 Å². The zero-order valence-electron chi connectivity index (χ0n) is 12.4. The highest BCUT2D eigenvalue weighted by Crippen LogP contribution is 2.34. The van der Waals surface area contributed by atoms with Crippen molar-refractivity contribution in [2.75, 3.05) is 13.3 Å². The average Bonchev–Trinajstić information content (AvgIpc) is 3.24. The van der Waals surface area contributed by atoms with Crippen LogP contribution in [0, 0.1) is 0 Å². The van der Waals surface area contributed by atoms with E-state index >= 15 is 0 Å². The minimum Gasteiger partial charge on any atom is -0.464 e. The van der Waals surface area contributed by atoms with Crippen LogP contribution in [0.3, 0.4) is 0 Å². The average molecular weight is 317 g/mol. The van der Waals surface area contributed by atoms with E-state index in [0.29, 0.717) is 29.4 Å². The number of carbonyl (C=O) groups excluding carboxylic acids is 1. The Morgan fingerprint density at radius 3 is 2.91 bits per heavy atom. The number of fused-ring (bicyclic) bond motifs is 1. The van der Waals surface area contributed by atoms with Gasteiger partial charge in [0.25, 0.3) is 5.91 Å². The molecule has 1 saturated heterocycles. The predicted octanol–water partition coefficient (Wildman–Crippen LogP) is 2.50. The molecule has 7 heteroatoms. The predicted molar refractivity (Wildman–Crippen MR) is 76.7 cm³/mol. The molecular formula is C16H15NO6. The SMILES string of the molecule is C[C@H]1CN(C(=O)c2ccc3c(c2)OCO3)O[C@@H](c2ccco2)O1. The van der Waals surface area contributed by atoms with Gasteiger partial charge in [0.2, 0.25) is 13.1 Å². The van der Waals surface area contributed by atoms with Crippen LogP contribution in [-0.2, 0) is 9.57 Å². The summed E-state index contributed by atoms with van der Waals surface area (Å²) >= 11 is 0. The van der Waals surface area contributed by atoms with Crippen LogP contribution in [0.15, 0.2) is 41.0 Å². The first kappa shape index (κ1) is 14.1. The third-order valence-electron chi connectivity index (χ3n) is 3.62. The molecule has 1 aromatic heterocycles. The molecule has 0 spiro atoms. The lowest BCUT2D eigenvalue weighted by Gasteiger charge is -2.34. The summed E-state index contributed by atoms with van der Waals surface area (Å²) in [4.78, 5) is 18.3. The van der Waals surface area contributed by atoms with Crippen LogP contribution in [0.25, 0.3) is 0 Å². The number of hydrogen-bond acceptors (Lipinski definition) is 6. The van der Waals surface area contributed by atoms with Crippen LogP contribution in [0.1, 0.15) is 29.3 Å². The van der Waals surface area contributed by atoms with E-state index < -0.39 is 6.29 Å². The third-order valence-corrected chi connectivity index (χ3v) is 3.62. The molecule has 2 aliphatic rings. The number of hydroxylamine groups is 2. The first-order valence-corrected chi connectivity index (χ1v) is 7.28. The molecule has 2 aliphatic heterocycles. The van der Waals surface area contributed by atoms with Crippen LogP contribution in [0.4, 0.5) is 0 Å². The van der Waals surface area contributed by atoms with Crippen molar-refractivity contribution in [3.05, 3.63) is 47.9 Å². The first-order chi connectivity index (χ1) is 11.2. The second-order valence-corrected chi connectivity index (χ2v) is 5.33. The molecule has 1 aromatic carbocycles. The maximum Gasteiger partial charge on any atom is 0.277 e. The Morgan fingerprint density at radius 2 is 2.09 bits per heavy atom. The molecular weight excluding hydrogens is 302 g/mol. The fourth-order valence-electron chi connectivity index (χ4n) is 2.52. The van der Waals surface area contributed by atoms with Gasteiger partial charge in [-0.3, -0.25) is 4.79 Å². The fourth-order valence-corrected chi connectivity index (χ4v) is 2.52. The number of hydrogen-bond donors (Lipinski definition) is 0. The summed E-state index contributed by atoms with van der Waals surface area (Å²) in [5.74, 6) is 1.43. The normalized spacial score (nSPS) is 23.1. The lowest BCUT2D eigenvalue weighted by molar-refractivity contribution is -0.325. The summed E-state index contributed by atoms with van der Waals surface area (Å²) in [5, 5.41) is 1.29. The van der Waals surface area contributed by atoms with Gasteiger partial charge in [0.05, 0.1) is 18.9 Å². The molecule has 2 aromatic rings. The molecule has 0 bridgehead atoms. The number of rotatable bonds is 2. The van der Waals surface area contributed by atoms with E-state index in [0.717, 1.165) is 0 Å². The van der Waals surface area contributed by atoms with Crippen LogP contribution >= 0.6 is 0 Å². The van der Waals surface area contributed by atoms with Crippen molar-refractivity contribution < 1.29 is 28.3 Å². The Hall–Kier alpha value is -2.51. The molecule has 120 valence electrons. The highest BCUT2D eigenvalue weighted by Gasteiger charge is 2.33. The molecule has 3 heterocycles. The van der Waals surface area contributed by atoms with E-state index in [4.69, 9.17) is 23.5 Å². The van der Waals surface area contributed by atoms with Gasteiger partial charge in [0, 0.05) is 5.56 Å². The summed E-state index contributed by atoms with van der Waals surface area (Å²) in [7, 11) is 0. The quantitative estimate of drug-likeness (QED) is 0.847. The number of carbonyl (C=O) groups is 1. The van der Waals surface area contributed by atoms with E-state index in [1.165, 1.54) is 11.3 Å². The van der Waals surface area contributed by atoms with Crippen LogP contribution < -0.4 is 9.47 Å². The Morgan fingerprint density at radius 1 is 1.22 bits per heavy atom. The lowest BCUT2D eigenvalue weighted by Crippen LogP contribution is -2.44. The Kier molecular flexibility index (Phi) is 3.44. The molecule has 0 aliphatic carbocycles. The Labute approximate surface area is 132 Å². The van der Waals surface area contributed by atoms with Gasteiger partial charge in [0.1, 0.15) is 0 Å². The van der Waals surface area contributed by atoms with Gasteiger partial charge >= 0.3 is 0 Å². The first-order valence-electron chi connectivity index (χ1n) is 7.28. The van der Waals surface area contributed by atoms with Gasteiger partial charge in [-0.2, -0.15) is 0 Å². The maximum atomic E-state index is 12.7. The van der Waals surface area contributed by atoms with E-state index in [2.05, 4.69) is 0 Å². The van der Waals surface area contributed by atoms with Crippen molar-refractivity contribution in [1.29, 1.82) is 0 Å². The summed E-state index contributed by atoms with van der Waals surface area (Å²) in [6.45, 7) is 2.36. The molecule has 23 heavy (non-hydrogen) atoms. The van der Waals surface area contributed by atoms with Crippen molar-refractivity contribution in [2.24, 2.45) is 0 Å². The molecule has 0 N–H and O–H groups in total. The second kappa shape index (κ2) is 5.60. The minimum atomic E-state index is -0.744. The van der Waals surface area contributed by atoms with Gasteiger partial charge < -0.3 is 18.6 Å². The molecule has 0 radical (unpaired) electrons. The second-order valence-electron chi connectivity index (χ2n) is 5.33. The van der Waals surface area contributed by atoms with Gasteiger partial charge in [-0.15, -0.1) is 0 Å². The number of benzene rings is 1.